The lowest BCUT2D eigenvalue weighted by molar-refractivity contribution is 0.104. The number of carbonyl (C=O) groups is 1. The van der Waals surface area contributed by atoms with Gasteiger partial charge in [-0.05, 0) is 48.7 Å². The quantitative estimate of drug-likeness (QED) is 0.374. The molecule has 0 unspecified atom stereocenters. The van der Waals surface area contributed by atoms with Crippen LogP contribution in [-0.2, 0) is 23.0 Å². The van der Waals surface area contributed by atoms with Crippen LogP contribution >= 0.6 is 0 Å². The van der Waals surface area contributed by atoms with E-state index < -0.39 is 15.8 Å². The van der Waals surface area contributed by atoms with Gasteiger partial charge in [-0.3, -0.25) is 9.10 Å². The van der Waals surface area contributed by atoms with E-state index in [1.807, 2.05) is 49.4 Å². The minimum atomic E-state index is -4.06. The summed E-state index contributed by atoms with van der Waals surface area (Å²) in [6.45, 7) is 2.53. The van der Waals surface area contributed by atoms with Gasteiger partial charge in [0.25, 0.3) is 10.0 Å². The molecule has 1 N–H and O–H groups in total. The summed E-state index contributed by atoms with van der Waals surface area (Å²) in [6.07, 6.45) is 1.92. The zero-order chi connectivity index (χ0) is 25.0. The van der Waals surface area contributed by atoms with Gasteiger partial charge in [0.1, 0.15) is 0 Å². The van der Waals surface area contributed by atoms with Crippen LogP contribution < -0.4 is 19.1 Å². The zero-order valence-electron chi connectivity index (χ0n) is 19.9. The maximum Gasteiger partial charge on any atom is 0.270 e. The second-order valence-corrected chi connectivity index (χ2v) is 10.1. The fraction of sp³-hybridized carbons (Fsp3) is 0.222. The number of methoxy groups -OCH3 is 2. The third-order valence-corrected chi connectivity index (χ3v) is 7.62. The number of allylic oxidation sites excluding steroid dienone is 1. The molecule has 0 amide bonds. The second-order valence-electron chi connectivity index (χ2n) is 8.25. The van der Waals surface area contributed by atoms with Crippen LogP contribution in [0, 0.1) is 6.92 Å². The minimum absolute atomic E-state index is 0.136. The van der Waals surface area contributed by atoms with E-state index >= 15 is 0 Å². The largest absolute Gasteiger partial charge is 0.493 e. The maximum absolute atomic E-state index is 13.6. The highest BCUT2D eigenvalue weighted by Crippen LogP contribution is 2.36. The SMILES string of the molecule is COc1ccc(CCNC=C2C(=O)c3ccccc3N(Cc3cccc(C)c3)S2(=O)=O)cc1OC. The number of aryl methyl sites for hydroxylation is 1. The number of Topliss-reactive ketones (excluding diaryl/α,β-unsaturated/α-hetero) is 1. The lowest BCUT2D eigenvalue weighted by Gasteiger charge is -2.31. The molecular formula is C27H28N2O5S. The van der Waals surface area contributed by atoms with Crippen molar-refractivity contribution in [1.29, 1.82) is 0 Å². The number of ketones is 1. The fourth-order valence-corrected chi connectivity index (χ4v) is 5.64. The van der Waals surface area contributed by atoms with Gasteiger partial charge < -0.3 is 14.8 Å². The van der Waals surface area contributed by atoms with Crippen LogP contribution in [0.25, 0.3) is 0 Å². The minimum Gasteiger partial charge on any atom is -0.493 e. The summed E-state index contributed by atoms with van der Waals surface area (Å²) in [5, 5.41) is 3.02. The number of anilines is 1. The standard InChI is InChI=1S/C27H28N2O5S/c1-19-7-6-8-21(15-19)18-29-23-10-5-4-9-22(23)27(30)26(35(29,31)32)17-28-14-13-20-11-12-24(33-2)25(16-20)34-3/h4-12,15-17,28H,13-14,18H2,1-3H3. The molecule has 1 aliphatic rings. The number of benzene rings is 3. The molecule has 1 aliphatic heterocycles. The number of hydrogen-bond donors (Lipinski definition) is 1. The Labute approximate surface area is 206 Å². The molecule has 7 nitrogen and oxygen atoms in total. The van der Waals surface area contributed by atoms with Crippen molar-refractivity contribution in [1.82, 2.24) is 5.32 Å². The highest BCUT2D eigenvalue weighted by Gasteiger charge is 2.39. The first-order valence-corrected chi connectivity index (χ1v) is 12.7. The predicted molar refractivity (Wildman–Crippen MR) is 136 cm³/mol. The number of nitrogens with one attached hydrogen (secondary N) is 1. The van der Waals surface area contributed by atoms with Crippen molar-refractivity contribution >= 4 is 21.5 Å². The molecule has 1 heterocycles. The third-order valence-electron chi connectivity index (χ3n) is 5.86. The molecule has 0 aliphatic carbocycles. The summed E-state index contributed by atoms with van der Waals surface area (Å²) in [6, 6.07) is 20.1. The summed E-state index contributed by atoms with van der Waals surface area (Å²) >= 11 is 0. The Morgan fingerprint density at radius 1 is 0.914 bits per heavy atom. The van der Waals surface area contributed by atoms with Gasteiger partial charge in [0.2, 0.25) is 5.78 Å². The van der Waals surface area contributed by atoms with Crippen molar-refractivity contribution in [2.45, 2.75) is 19.9 Å². The normalized spacial score (nSPS) is 15.6. The molecule has 0 saturated carbocycles. The maximum atomic E-state index is 13.6. The van der Waals surface area contributed by atoms with Gasteiger partial charge in [0.05, 0.1) is 26.5 Å². The molecule has 182 valence electrons. The third kappa shape index (κ3) is 5.02. The fourth-order valence-electron chi connectivity index (χ4n) is 4.09. The van der Waals surface area contributed by atoms with Gasteiger partial charge in [-0.2, -0.15) is 0 Å². The zero-order valence-corrected chi connectivity index (χ0v) is 20.8. The molecular weight excluding hydrogens is 464 g/mol. The van der Waals surface area contributed by atoms with Gasteiger partial charge in [-0.25, -0.2) is 8.42 Å². The van der Waals surface area contributed by atoms with Crippen LogP contribution in [0.3, 0.4) is 0 Å². The van der Waals surface area contributed by atoms with E-state index in [0.717, 1.165) is 16.7 Å². The number of carbonyl (C=O) groups excluding carboxylic acids is 1. The first-order chi connectivity index (χ1) is 16.8. The molecule has 0 saturated heterocycles. The van der Waals surface area contributed by atoms with Crippen LogP contribution in [0.2, 0.25) is 0 Å². The number of sulfonamides is 1. The van der Waals surface area contributed by atoms with Crippen molar-refractivity contribution in [3.8, 4) is 11.5 Å². The number of nitrogens with zero attached hydrogens (tertiary/aromatic N) is 1. The van der Waals surface area contributed by atoms with E-state index in [9.17, 15) is 13.2 Å². The van der Waals surface area contributed by atoms with Crippen LogP contribution in [0.1, 0.15) is 27.0 Å². The Balaban J connectivity index is 1.58. The van der Waals surface area contributed by atoms with E-state index in [0.29, 0.717) is 35.7 Å². The van der Waals surface area contributed by atoms with Gasteiger partial charge in [0, 0.05) is 18.3 Å². The van der Waals surface area contributed by atoms with E-state index in [-0.39, 0.29) is 11.4 Å². The van der Waals surface area contributed by atoms with E-state index in [1.165, 1.54) is 10.5 Å². The summed E-state index contributed by atoms with van der Waals surface area (Å²) in [7, 11) is -0.907. The molecule has 3 aromatic rings. The molecule has 35 heavy (non-hydrogen) atoms. The Hall–Kier alpha value is -3.78. The van der Waals surface area contributed by atoms with Gasteiger partial charge >= 0.3 is 0 Å². The summed E-state index contributed by atoms with van der Waals surface area (Å²) < 4.78 is 39.0. The predicted octanol–water partition coefficient (Wildman–Crippen LogP) is 4.22. The molecule has 0 bridgehead atoms. The lowest BCUT2D eigenvalue weighted by Crippen LogP contribution is -2.39. The smallest absolute Gasteiger partial charge is 0.270 e. The van der Waals surface area contributed by atoms with Crippen LogP contribution in [0.4, 0.5) is 5.69 Å². The van der Waals surface area contributed by atoms with E-state index in [1.54, 1.807) is 38.5 Å². The van der Waals surface area contributed by atoms with Crippen LogP contribution in [-0.4, -0.2) is 35.0 Å². The molecule has 0 spiro atoms. The van der Waals surface area contributed by atoms with E-state index in [2.05, 4.69) is 5.32 Å². The number of para-hydroxylation sites is 1. The molecule has 8 heteroatoms. The Morgan fingerprint density at radius 3 is 2.43 bits per heavy atom. The molecule has 3 aromatic carbocycles. The number of ether oxygens (including phenoxy) is 2. The monoisotopic (exact) mass is 492 g/mol. The van der Waals surface area contributed by atoms with Crippen molar-refractivity contribution in [3.05, 3.63) is 100 Å². The molecule has 0 radical (unpaired) electrons. The summed E-state index contributed by atoms with van der Waals surface area (Å²) in [5.41, 5.74) is 3.62. The molecule has 4 rings (SSSR count). The molecule has 0 atom stereocenters. The van der Waals surface area contributed by atoms with Crippen LogP contribution in [0.15, 0.2) is 77.8 Å². The summed E-state index contributed by atoms with van der Waals surface area (Å²) in [4.78, 5) is 12.9. The highest BCUT2D eigenvalue weighted by atomic mass is 32.2. The Kier molecular flexibility index (Phi) is 7.12. The number of hydrogen-bond acceptors (Lipinski definition) is 6. The van der Waals surface area contributed by atoms with E-state index in [4.69, 9.17) is 9.47 Å². The summed E-state index contributed by atoms with van der Waals surface area (Å²) in [5.74, 6) is 0.745. The van der Waals surface area contributed by atoms with Crippen molar-refractivity contribution < 1.29 is 22.7 Å². The Bertz CT molecular complexity index is 1380. The van der Waals surface area contributed by atoms with Crippen molar-refractivity contribution in [3.63, 3.8) is 0 Å². The van der Waals surface area contributed by atoms with Crippen LogP contribution in [0.5, 0.6) is 11.5 Å². The highest BCUT2D eigenvalue weighted by molar-refractivity contribution is 7.97. The van der Waals surface area contributed by atoms with Gasteiger partial charge in [-0.15, -0.1) is 0 Å². The average Bonchev–Trinajstić information content (AvgIpc) is 2.86. The van der Waals surface area contributed by atoms with Crippen molar-refractivity contribution in [2.75, 3.05) is 25.1 Å². The van der Waals surface area contributed by atoms with Crippen molar-refractivity contribution in [2.24, 2.45) is 0 Å². The number of rotatable bonds is 8. The second kappa shape index (κ2) is 10.2. The first-order valence-electron chi connectivity index (χ1n) is 11.2. The number of fused-ring (bicyclic) bond motifs is 1. The first kappa shape index (κ1) is 24.3. The molecule has 0 aromatic heterocycles. The Morgan fingerprint density at radius 2 is 1.69 bits per heavy atom. The lowest BCUT2D eigenvalue weighted by atomic mass is 10.1. The van der Waals surface area contributed by atoms with Gasteiger partial charge in [-0.1, -0.05) is 48.0 Å². The average molecular weight is 493 g/mol. The topological polar surface area (TPSA) is 84.9 Å². The van der Waals surface area contributed by atoms with Gasteiger partial charge in [0.15, 0.2) is 16.4 Å². The molecule has 0 fully saturated rings.